The van der Waals surface area contributed by atoms with Crippen LogP contribution in [0.25, 0.3) is 44.2 Å². The summed E-state index contributed by atoms with van der Waals surface area (Å²) in [6.45, 7) is 8.61. The van der Waals surface area contributed by atoms with Gasteiger partial charge in [-0.15, -0.1) is 0 Å². The van der Waals surface area contributed by atoms with Crippen LogP contribution in [0.5, 0.6) is 0 Å². The Morgan fingerprint density at radius 3 is 1.59 bits per heavy atom. The van der Waals surface area contributed by atoms with E-state index in [4.69, 9.17) is 0 Å². The Hall–Kier alpha value is -8.66. The van der Waals surface area contributed by atoms with E-state index in [2.05, 4.69) is 291 Å². The molecule has 10 aromatic rings. The van der Waals surface area contributed by atoms with Crippen molar-refractivity contribution in [2.24, 2.45) is 5.92 Å². The highest BCUT2D eigenvalue weighted by atomic mass is 15.2. The summed E-state index contributed by atoms with van der Waals surface area (Å²) in [6, 6.07) is 77.7. The van der Waals surface area contributed by atoms with Gasteiger partial charge in [-0.1, -0.05) is 180 Å². The molecule has 9 aromatic carbocycles. The Morgan fingerprint density at radius 1 is 0.459 bits per heavy atom. The first-order valence-corrected chi connectivity index (χ1v) is 26.3. The highest BCUT2D eigenvalue weighted by Crippen LogP contribution is 2.57. The zero-order valence-corrected chi connectivity index (χ0v) is 42.6. The molecule has 0 fully saturated rings. The summed E-state index contributed by atoms with van der Waals surface area (Å²) in [7, 11) is 0. The number of para-hydroxylation sites is 1. The molecule has 3 unspecified atom stereocenters. The molecule has 0 saturated carbocycles. The molecule has 3 aliphatic rings. The number of anilines is 5. The van der Waals surface area contributed by atoms with Gasteiger partial charge < -0.3 is 14.4 Å². The zero-order chi connectivity index (χ0) is 49.9. The van der Waals surface area contributed by atoms with Gasteiger partial charge in [0.2, 0.25) is 0 Å². The molecule has 2 heterocycles. The minimum Gasteiger partial charge on any atom is -0.334 e. The maximum Gasteiger partial charge on any atom is 0.0586 e. The third kappa shape index (κ3) is 7.65. The van der Waals surface area contributed by atoms with Crippen LogP contribution >= 0.6 is 0 Å². The second kappa shape index (κ2) is 18.4. The molecule has 0 spiro atoms. The quantitative estimate of drug-likeness (QED) is 0.135. The standard InChI is InChI=1S/C71H59N3/c1-48-19-32-58(33-20-48)72(59-34-21-49(2)22-35-59)62-40-27-52(28-41-62)54-31-44-68-64(45-54)65-46-55(53-29-42-63(43-30-53)73(60-36-23-50(3)24-37-60)61-38-25-51(4)26-39-61)47-67-70(65)74(68)69-18-12-11-17-66(69)71(67,56-13-7-5-8-14-56)57-15-9-6-10-16-57/h5-15,17-42,44-47,57,63H,16,43H2,1-4H3. The summed E-state index contributed by atoms with van der Waals surface area (Å²) in [6.07, 6.45) is 18.4. The van der Waals surface area contributed by atoms with Crippen molar-refractivity contribution < 1.29 is 0 Å². The normalized spacial score (nSPS) is 17.6. The van der Waals surface area contributed by atoms with Crippen LogP contribution in [0.3, 0.4) is 0 Å². The van der Waals surface area contributed by atoms with Gasteiger partial charge in [-0.05, 0) is 176 Å². The minimum atomic E-state index is -0.466. The lowest BCUT2D eigenvalue weighted by atomic mass is 9.58. The van der Waals surface area contributed by atoms with Crippen LogP contribution in [-0.4, -0.2) is 10.6 Å². The number of allylic oxidation sites excluding steroid dienone is 6. The second-order valence-electron chi connectivity index (χ2n) is 20.7. The van der Waals surface area contributed by atoms with Crippen molar-refractivity contribution in [2.75, 3.05) is 9.80 Å². The van der Waals surface area contributed by atoms with E-state index in [9.17, 15) is 0 Å². The molecular formula is C71H59N3. The Kier molecular flexibility index (Phi) is 11.3. The Morgan fingerprint density at radius 2 is 1.01 bits per heavy atom. The number of fused-ring (bicyclic) bond motifs is 5. The van der Waals surface area contributed by atoms with Gasteiger partial charge in [0.25, 0.3) is 0 Å². The average Bonchev–Trinajstić information content (AvgIpc) is 3.82. The molecule has 0 N–H and O–H groups in total. The first kappa shape index (κ1) is 45.2. The SMILES string of the molecule is Cc1ccc(N(c2ccc(C)cc2)c2ccc(-c3ccc4c(c3)c3cc(C5=CCC(N(c6ccc(C)cc6)c6ccc(C)cc6)C=C5)cc5c3n4-c3ccccc3C5(c3ccccc3)C3C=CC=CC3)cc2)cc1. The zero-order valence-electron chi connectivity index (χ0n) is 42.6. The molecule has 3 heteroatoms. The van der Waals surface area contributed by atoms with Crippen molar-refractivity contribution in [2.45, 2.75) is 52.0 Å². The molecule has 13 rings (SSSR count). The van der Waals surface area contributed by atoms with Crippen molar-refractivity contribution in [1.29, 1.82) is 0 Å². The summed E-state index contributed by atoms with van der Waals surface area (Å²) in [5, 5.41) is 2.53. The molecule has 0 bridgehead atoms. The molecule has 3 atom stereocenters. The van der Waals surface area contributed by atoms with Crippen LogP contribution < -0.4 is 9.80 Å². The summed E-state index contributed by atoms with van der Waals surface area (Å²) >= 11 is 0. The fourth-order valence-corrected chi connectivity index (χ4v) is 12.3. The molecule has 0 saturated heterocycles. The largest absolute Gasteiger partial charge is 0.334 e. The van der Waals surface area contributed by atoms with Crippen LogP contribution in [-0.2, 0) is 5.41 Å². The summed E-state index contributed by atoms with van der Waals surface area (Å²) in [5.74, 6) is 0.188. The fourth-order valence-electron chi connectivity index (χ4n) is 12.3. The van der Waals surface area contributed by atoms with Crippen molar-refractivity contribution in [3.8, 4) is 16.8 Å². The lowest BCUT2D eigenvalue weighted by molar-refractivity contribution is 0.445. The maximum absolute atomic E-state index is 2.58. The number of nitrogens with zero attached hydrogens (tertiary/aromatic N) is 3. The van der Waals surface area contributed by atoms with Gasteiger partial charge in [0.1, 0.15) is 0 Å². The van der Waals surface area contributed by atoms with E-state index < -0.39 is 5.41 Å². The number of benzene rings is 9. The third-order valence-corrected chi connectivity index (χ3v) is 16.0. The number of aryl methyl sites for hydroxylation is 4. The van der Waals surface area contributed by atoms with Crippen molar-refractivity contribution in [1.82, 2.24) is 4.57 Å². The van der Waals surface area contributed by atoms with E-state index in [0.717, 1.165) is 29.9 Å². The van der Waals surface area contributed by atoms with Gasteiger partial charge in [0, 0.05) is 39.2 Å². The molecule has 0 radical (unpaired) electrons. The van der Waals surface area contributed by atoms with Gasteiger partial charge in [0.15, 0.2) is 0 Å². The molecule has 3 nitrogen and oxygen atoms in total. The van der Waals surface area contributed by atoms with Crippen molar-refractivity contribution in [3.05, 3.63) is 293 Å². The first-order chi connectivity index (χ1) is 36.3. The first-order valence-electron chi connectivity index (χ1n) is 26.3. The van der Waals surface area contributed by atoms with Crippen LogP contribution in [0.2, 0.25) is 0 Å². The van der Waals surface area contributed by atoms with E-state index in [1.165, 1.54) is 100 Å². The highest BCUT2D eigenvalue weighted by molar-refractivity contribution is 6.14. The van der Waals surface area contributed by atoms with Gasteiger partial charge in [-0.2, -0.15) is 0 Å². The third-order valence-electron chi connectivity index (χ3n) is 16.0. The van der Waals surface area contributed by atoms with Crippen LogP contribution in [0.15, 0.2) is 249 Å². The number of hydrogen-bond donors (Lipinski definition) is 0. The van der Waals surface area contributed by atoms with E-state index >= 15 is 0 Å². The molecule has 1 aliphatic heterocycles. The molecule has 74 heavy (non-hydrogen) atoms. The fraction of sp³-hybridized carbons (Fsp3) is 0.127. The van der Waals surface area contributed by atoms with Gasteiger partial charge in [-0.3, -0.25) is 0 Å². The number of hydrogen-bond acceptors (Lipinski definition) is 2. The highest BCUT2D eigenvalue weighted by Gasteiger charge is 2.48. The van der Waals surface area contributed by atoms with E-state index in [1.807, 2.05) is 0 Å². The lowest BCUT2D eigenvalue weighted by Crippen LogP contribution is -2.40. The van der Waals surface area contributed by atoms with Gasteiger partial charge in [0.05, 0.1) is 28.2 Å². The molecule has 2 aliphatic carbocycles. The molecule has 0 amide bonds. The van der Waals surface area contributed by atoms with Gasteiger partial charge >= 0.3 is 0 Å². The summed E-state index contributed by atoms with van der Waals surface area (Å²) < 4.78 is 2.58. The van der Waals surface area contributed by atoms with Gasteiger partial charge in [-0.25, -0.2) is 0 Å². The average molecular weight is 954 g/mol. The minimum absolute atomic E-state index is 0.150. The second-order valence-corrected chi connectivity index (χ2v) is 20.7. The molecule has 1 aromatic heterocycles. The predicted octanol–water partition coefficient (Wildman–Crippen LogP) is 18.5. The monoisotopic (exact) mass is 953 g/mol. The summed E-state index contributed by atoms with van der Waals surface area (Å²) in [4.78, 5) is 4.85. The Balaban J connectivity index is 0.988. The van der Waals surface area contributed by atoms with Crippen molar-refractivity contribution in [3.63, 3.8) is 0 Å². The van der Waals surface area contributed by atoms with E-state index in [1.54, 1.807) is 0 Å². The predicted molar refractivity (Wildman–Crippen MR) is 313 cm³/mol. The smallest absolute Gasteiger partial charge is 0.0586 e. The number of aromatic nitrogens is 1. The van der Waals surface area contributed by atoms with Crippen LogP contribution in [0, 0.1) is 33.6 Å². The van der Waals surface area contributed by atoms with Crippen LogP contribution in [0.4, 0.5) is 28.4 Å². The Labute approximate surface area is 436 Å². The Bertz CT molecular complexity index is 3760. The summed E-state index contributed by atoms with van der Waals surface area (Å²) in [5.41, 5.74) is 23.0. The van der Waals surface area contributed by atoms with E-state index in [-0.39, 0.29) is 12.0 Å². The number of rotatable bonds is 10. The molecule has 358 valence electrons. The van der Waals surface area contributed by atoms with Crippen LogP contribution in [0.1, 0.15) is 57.3 Å². The van der Waals surface area contributed by atoms with Crippen molar-refractivity contribution >= 4 is 55.8 Å². The topological polar surface area (TPSA) is 11.4 Å². The maximum atomic E-state index is 2.58. The van der Waals surface area contributed by atoms with E-state index in [0.29, 0.717) is 0 Å². The molecular weight excluding hydrogens is 895 g/mol. The lowest BCUT2D eigenvalue weighted by Gasteiger charge is -2.46.